The molecule has 0 saturated heterocycles. The van der Waals surface area contributed by atoms with Crippen LogP contribution in [0.4, 0.5) is 0 Å². The Kier molecular flexibility index (Phi) is 13.6. The lowest BCUT2D eigenvalue weighted by atomic mass is 10.1. The van der Waals surface area contributed by atoms with E-state index in [4.69, 9.17) is 8.85 Å². The highest BCUT2D eigenvalue weighted by Crippen LogP contribution is 2.19. The summed E-state index contributed by atoms with van der Waals surface area (Å²) in [4.78, 5) is 0. The van der Waals surface area contributed by atoms with Gasteiger partial charge in [0.15, 0.2) is 0 Å². The predicted molar refractivity (Wildman–Crippen MR) is 139 cm³/mol. The van der Waals surface area contributed by atoms with E-state index in [1.165, 1.54) is 38.5 Å². The molecule has 184 valence electrons. The molecule has 0 amide bonds. The van der Waals surface area contributed by atoms with Gasteiger partial charge in [0.2, 0.25) is 0 Å². The molecular weight excluding hydrogens is 428 g/mol. The first-order chi connectivity index (χ1) is 16.1. The van der Waals surface area contributed by atoms with Crippen LogP contribution in [0, 0.1) is 0 Å². The van der Waals surface area contributed by atoms with Gasteiger partial charge in [0.1, 0.15) is 12.6 Å². The molecule has 2 rings (SSSR count). The highest BCUT2D eigenvalue weighted by Gasteiger charge is 2.46. The maximum atomic E-state index is 10.9. The summed E-state index contributed by atoms with van der Waals surface area (Å²) in [7, 11) is -3.32. The number of hydrogen-bond donors (Lipinski definition) is 2. The van der Waals surface area contributed by atoms with E-state index in [2.05, 4.69) is 13.8 Å². The molecule has 0 spiro atoms. The quantitative estimate of drug-likeness (QED) is 0.168. The topological polar surface area (TPSA) is 58.9 Å². The van der Waals surface area contributed by atoms with Gasteiger partial charge >= 0.3 is 8.56 Å². The van der Waals surface area contributed by atoms with Crippen molar-refractivity contribution in [1.82, 2.24) is 0 Å². The number of unbranched alkanes of at least 4 members (excludes halogenated alkanes) is 8. The lowest BCUT2D eigenvalue weighted by Gasteiger charge is -2.35. The fraction of sp³-hybridized carbons (Fsp3) is 0.571. The van der Waals surface area contributed by atoms with E-state index in [0.29, 0.717) is 12.8 Å². The molecule has 0 bridgehead atoms. The number of aliphatic hydroxyl groups excluding tert-OH is 2. The highest BCUT2D eigenvalue weighted by molar-refractivity contribution is 6.92. The maximum absolute atomic E-state index is 10.9. The van der Waals surface area contributed by atoms with Crippen LogP contribution in [0.3, 0.4) is 0 Å². The van der Waals surface area contributed by atoms with Crippen LogP contribution < -0.4 is 10.4 Å². The van der Waals surface area contributed by atoms with Gasteiger partial charge in [-0.1, -0.05) is 126 Å². The van der Waals surface area contributed by atoms with Crippen molar-refractivity contribution in [1.29, 1.82) is 0 Å². The summed E-state index contributed by atoms with van der Waals surface area (Å²) in [5, 5.41) is 23.6. The fourth-order valence-corrected chi connectivity index (χ4v) is 7.33. The van der Waals surface area contributed by atoms with Crippen molar-refractivity contribution in [3.63, 3.8) is 0 Å². The Balaban J connectivity index is 2.21. The first kappa shape index (κ1) is 27.7. The minimum atomic E-state index is -3.32. The first-order valence-electron chi connectivity index (χ1n) is 12.9. The van der Waals surface area contributed by atoms with Gasteiger partial charge in [-0.15, -0.1) is 0 Å². The molecule has 0 aliphatic carbocycles. The van der Waals surface area contributed by atoms with E-state index in [0.717, 1.165) is 36.1 Å². The van der Waals surface area contributed by atoms with E-state index >= 15 is 0 Å². The second-order valence-corrected chi connectivity index (χ2v) is 11.8. The van der Waals surface area contributed by atoms with Crippen LogP contribution in [0.15, 0.2) is 60.7 Å². The van der Waals surface area contributed by atoms with E-state index in [-0.39, 0.29) is 0 Å². The van der Waals surface area contributed by atoms with Gasteiger partial charge in [-0.05, 0) is 36.1 Å². The Morgan fingerprint density at radius 1 is 0.576 bits per heavy atom. The average Bonchev–Trinajstić information content (AvgIpc) is 2.84. The van der Waals surface area contributed by atoms with Gasteiger partial charge in [0.05, 0.1) is 0 Å². The maximum Gasteiger partial charge on any atom is 0.410 e. The third kappa shape index (κ3) is 9.71. The third-order valence-corrected chi connectivity index (χ3v) is 9.42. The molecule has 2 aromatic carbocycles. The Hall–Kier alpha value is -1.50. The molecule has 33 heavy (non-hydrogen) atoms. The van der Waals surface area contributed by atoms with Crippen molar-refractivity contribution in [2.45, 2.75) is 103 Å². The van der Waals surface area contributed by atoms with Gasteiger partial charge in [-0.2, -0.15) is 0 Å². The molecule has 2 unspecified atom stereocenters. The summed E-state index contributed by atoms with van der Waals surface area (Å²) in [5.74, 6) is 0. The number of aliphatic hydroxyl groups is 2. The Labute approximate surface area is 202 Å². The summed E-state index contributed by atoms with van der Waals surface area (Å²) in [5.41, 5.74) is 0. The standard InChI is InChI=1S/C28H44O4Si/c1-3-5-7-9-17-23-27(29)31-33(25-19-13-11-14-20-25,26-21-15-12-16-22-26)32-28(30)24-18-10-8-6-4-2/h11-16,19-22,27-30H,3-10,17-18,23-24H2,1-2H3. The second kappa shape index (κ2) is 16.2. The van der Waals surface area contributed by atoms with E-state index < -0.39 is 21.1 Å². The third-order valence-electron chi connectivity index (χ3n) is 6.02. The molecule has 2 atom stereocenters. The molecule has 0 heterocycles. The lowest BCUT2D eigenvalue weighted by Crippen LogP contribution is -2.66. The summed E-state index contributed by atoms with van der Waals surface area (Å²) >= 11 is 0. The zero-order valence-corrected chi connectivity index (χ0v) is 21.6. The zero-order valence-electron chi connectivity index (χ0n) is 20.6. The summed E-state index contributed by atoms with van der Waals surface area (Å²) in [6, 6.07) is 19.7. The Morgan fingerprint density at radius 2 is 0.939 bits per heavy atom. The number of benzene rings is 2. The van der Waals surface area contributed by atoms with Gasteiger partial charge in [-0.25, -0.2) is 0 Å². The normalized spacial score (nSPS) is 13.7. The summed E-state index contributed by atoms with van der Waals surface area (Å²) in [6.45, 7) is 4.40. The van der Waals surface area contributed by atoms with Crippen molar-refractivity contribution in [3.8, 4) is 0 Å². The molecule has 0 saturated carbocycles. The molecule has 0 aromatic heterocycles. The van der Waals surface area contributed by atoms with Crippen molar-refractivity contribution >= 4 is 18.9 Å². The monoisotopic (exact) mass is 472 g/mol. The predicted octanol–water partition coefficient (Wildman–Crippen LogP) is 5.63. The molecule has 0 aliphatic heterocycles. The fourth-order valence-electron chi connectivity index (χ4n) is 4.13. The van der Waals surface area contributed by atoms with E-state index in [9.17, 15) is 10.2 Å². The highest BCUT2D eigenvalue weighted by atomic mass is 28.4. The van der Waals surface area contributed by atoms with Crippen LogP contribution in [-0.4, -0.2) is 31.4 Å². The van der Waals surface area contributed by atoms with E-state index in [1.807, 2.05) is 60.7 Å². The van der Waals surface area contributed by atoms with E-state index in [1.54, 1.807) is 0 Å². The summed E-state index contributed by atoms with van der Waals surface area (Å²) in [6.07, 6.45) is 10.4. The minimum absolute atomic E-state index is 0.564. The molecule has 0 radical (unpaired) electrons. The van der Waals surface area contributed by atoms with Gasteiger partial charge < -0.3 is 19.1 Å². The van der Waals surface area contributed by atoms with Crippen molar-refractivity contribution in [2.75, 3.05) is 0 Å². The van der Waals surface area contributed by atoms with Crippen LogP contribution >= 0.6 is 0 Å². The van der Waals surface area contributed by atoms with Crippen LogP contribution in [0.2, 0.25) is 0 Å². The molecule has 5 heteroatoms. The minimum Gasteiger partial charge on any atom is -0.369 e. The molecule has 2 aromatic rings. The molecular formula is C28H44O4Si. The van der Waals surface area contributed by atoms with Crippen molar-refractivity contribution in [3.05, 3.63) is 60.7 Å². The van der Waals surface area contributed by atoms with Crippen LogP contribution in [-0.2, 0) is 8.85 Å². The van der Waals surface area contributed by atoms with Crippen molar-refractivity contribution < 1.29 is 19.1 Å². The number of hydrogen-bond acceptors (Lipinski definition) is 4. The number of rotatable bonds is 18. The smallest absolute Gasteiger partial charge is 0.369 e. The second-order valence-electron chi connectivity index (χ2n) is 8.90. The molecule has 4 nitrogen and oxygen atoms in total. The Morgan fingerprint density at radius 3 is 1.30 bits per heavy atom. The van der Waals surface area contributed by atoms with Gasteiger partial charge in [0, 0.05) is 0 Å². The van der Waals surface area contributed by atoms with Gasteiger partial charge in [0.25, 0.3) is 0 Å². The largest absolute Gasteiger partial charge is 0.410 e. The zero-order chi connectivity index (χ0) is 23.8. The van der Waals surface area contributed by atoms with Crippen LogP contribution in [0.25, 0.3) is 0 Å². The average molecular weight is 473 g/mol. The Bertz CT molecular complexity index is 662. The van der Waals surface area contributed by atoms with Gasteiger partial charge in [-0.3, -0.25) is 0 Å². The lowest BCUT2D eigenvalue weighted by molar-refractivity contribution is -0.0876. The van der Waals surface area contributed by atoms with Crippen molar-refractivity contribution in [2.24, 2.45) is 0 Å². The van der Waals surface area contributed by atoms with Crippen LogP contribution in [0.5, 0.6) is 0 Å². The van der Waals surface area contributed by atoms with Crippen LogP contribution in [0.1, 0.15) is 90.9 Å². The first-order valence-corrected chi connectivity index (χ1v) is 14.8. The summed E-state index contributed by atoms with van der Waals surface area (Å²) < 4.78 is 12.9. The molecule has 2 N–H and O–H groups in total. The molecule has 0 aliphatic rings. The molecule has 0 fully saturated rings. The SMILES string of the molecule is CCCCCCCC(O)O[Si](OC(O)CCCCCCC)(c1ccccc1)c1ccccc1.